The predicted octanol–water partition coefficient (Wildman–Crippen LogP) is 3.27. The van der Waals surface area contributed by atoms with Gasteiger partial charge in [-0.15, -0.1) is 0 Å². The van der Waals surface area contributed by atoms with Gasteiger partial charge >= 0.3 is 5.97 Å². The van der Waals surface area contributed by atoms with Gasteiger partial charge in [0, 0.05) is 18.0 Å². The lowest BCUT2D eigenvalue weighted by atomic mass is 10.3. The molecule has 0 saturated carbocycles. The van der Waals surface area contributed by atoms with Crippen LogP contribution in [0.4, 0.5) is 5.69 Å². The van der Waals surface area contributed by atoms with E-state index < -0.39 is 5.97 Å². The molecule has 0 heterocycles. The van der Waals surface area contributed by atoms with Gasteiger partial charge in [0.05, 0.1) is 10.7 Å². The fourth-order valence-electron chi connectivity index (χ4n) is 1.10. The minimum Gasteiger partial charge on any atom is -0.481 e. The summed E-state index contributed by atoms with van der Waals surface area (Å²) in [4.78, 5) is 10.3. The van der Waals surface area contributed by atoms with Crippen LogP contribution in [0.25, 0.3) is 0 Å². The van der Waals surface area contributed by atoms with Gasteiger partial charge in [-0.1, -0.05) is 23.2 Å². The zero-order valence-electron chi connectivity index (χ0n) is 7.96. The normalized spacial score (nSPS) is 10.0. The van der Waals surface area contributed by atoms with Crippen molar-refractivity contribution >= 4 is 34.9 Å². The van der Waals surface area contributed by atoms with Crippen LogP contribution in [0.15, 0.2) is 18.2 Å². The second-order valence-electron chi connectivity index (χ2n) is 3.05. The molecule has 2 N–H and O–H groups in total. The van der Waals surface area contributed by atoms with Crippen LogP contribution >= 0.6 is 23.2 Å². The third kappa shape index (κ3) is 4.40. The molecule has 0 radical (unpaired) electrons. The van der Waals surface area contributed by atoms with Gasteiger partial charge in [0.1, 0.15) is 0 Å². The minimum absolute atomic E-state index is 0.151. The number of hydrogen-bond donors (Lipinski definition) is 2. The summed E-state index contributed by atoms with van der Waals surface area (Å²) in [7, 11) is 0. The number of carboxylic acids is 1. The number of anilines is 1. The summed E-state index contributed by atoms with van der Waals surface area (Å²) in [5.41, 5.74) is 0.770. The number of carbonyl (C=O) groups is 1. The fraction of sp³-hybridized carbons (Fsp3) is 0.300. The van der Waals surface area contributed by atoms with Crippen molar-refractivity contribution in [2.45, 2.75) is 12.8 Å². The molecule has 0 aliphatic heterocycles. The molecule has 0 fully saturated rings. The number of carboxylic acid groups (broad SMARTS) is 1. The molecular weight excluding hydrogens is 237 g/mol. The monoisotopic (exact) mass is 247 g/mol. The second kappa shape index (κ2) is 5.83. The molecule has 1 rings (SSSR count). The van der Waals surface area contributed by atoms with Crippen molar-refractivity contribution in [3.63, 3.8) is 0 Å². The number of benzene rings is 1. The number of hydrogen-bond acceptors (Lipinski definition) is 2. The van der Waals surface area contributed by atoms with Crippen LogP contribution in [0.2, 0.25) is 10.0 Å². The Kier molecular flexibility index (Phi) is 4.72. The Bertz CT molecular complexity index is 355. The van der Waals surface area contributed by atoms with E-state index >= 15 is 0 Å². The van der Waals surface area contributed by atoms with Crippen LogP contribution in [0.1, 0.15) is 12.8 Å². The molecule has 0 aliphatic rings. The second-order valence-corrected chi connectivity index (χ2v) is 3.89. The standard InChI is InChI=1S/C10H11Cl2NO2/c11-7-3-4-9(8(12)6-7)13-5-1-2-10(14)15/h3-4,6,13H,1-2,5H2,(H,14,15). The average Bonchev–Trinajstić information content (AvgIpc) is 2.14. The summed E-state index contributed by atoms with van der Waals surface area (Å²) in [5.74, 6) is -0.793. The lowest BCUT2D eigenvalue weighted by molar-refractivity contribution is -0.137. The lowest BCUT2D eigenvalue weighted by Gasteiger charge is -2.07. The molecule has 82 valence electrons. The zero-order valence-corrected chi connectivity index (χ0v) is 9.48. The van der Waals surface area contributed by atoms with Gasteiger partial charge in [-0.2, -0.15) is 0 Å². The first-order chi connectivity index (χ1) is 7.09. The SMILES string of the molecule is O=C(O)CCCNc1ccc(Cl)cc1Cl. The number of rotatable bonds is 5. The third-order valence-electron chi connectivity index (χ3n) is 1.81. The molecule has 0 atom stereocenters. The Morgan fingerprint density at radius 3 is 2.73 bits per heavy atom. The minimum atomic E-state index is -0.793. The fourth-order valence-corrected chi connectivity index (χ4v) is 1.57. The maximum Gasteiger partial charge on any atom is 0.303 e. The molecule has 5 heteroatoms. The van der Waals surface area contributed by atoms with E-state index in [9.17, 15) is 4.79 Å². The number of halogens is 2. The topological polar surface area (TPSA) is 49.3 Å². The Morgan fingerprint density at radius 2 is 2.13 bits per heavy atom. The summed E-state index contributed by atoms with van der Waals surface area (Å²) in [6.07, 6.45) is 0.715. The highest BCUT2D eigenvalue weighted by atomic mass is 35.5. The predicted molar refractivity (Wildman–Crippen MR) is 61.8 cm³/mol. The highest BCUT2D eigenvalue weighted by molar-refractivity contribution is 6.36. The Hall–Kier alpha value is -0.930. The van der Waals surface area contributed by atoms with E-state index in [0.717, 1.165) is 5.69 Å². The van der Waals surface area contributed by atoms with Crippen molar-refractivity contribution in [1.29, 1.82) is 0 Å². The first kappa shape index (κ1) is 12.1. The van der Waals surface area contributed by atoms with Crippen molar-refractivity contribution in [2.75, 3.05) is 11.9 Å². The van der Waals surface area contributed by atoms with E-state index in [1.54, 1.807) is 18.2 Å². The molecule has 0 aliphatic carbocycles. The molecule has 0 bridgehead atoms. The largest absolute Gasteiger partial charge is 0.481 e. The summed E-state index contributed by atoms with van der Waals surface area (Å²) >= 11 is 11.6. The van der Waals surface area contributed by atoms with Crippen molar-refractivity contribution in [2.24, 2.45) is 0 Å². The average molecular weight is 248 g/mol. The maximum absolute atomic E-state index is 10.3. The number of nitrogens with one attached hydrogen (secondary N) is 1. The van der Waals surface area contributed by atoms with E-state index in [-0.39, 0.29) is 6.42 Å². The molecule has 0 saturated heterocycles. The van der Waals surface area contributed by atoms with Gasteiger partial charge in [0.25, 0.3) is 0 Å². The van der Waals surface area contributed by atoms with E-state index in [0.29, 0.717) is 23.0 Å². The van der Waals surface area contributed by atoms with Gasteiger partial charge in [-0.3, -0.25) is 4.79 Å². The maximum atomic E-state index is 10.3. The molecule has 3 nitrogen and oxygen atoms in total. The number of aliphatic carboxylic acids is 1. The van der Waals surface area contributed by atoms with E-state index in [1.165, 1.54) is 0 Å². The third-order valence-corrected chi connectivity index (χ3v) is 2.36. The Balaban J connectivity index is 2.40. The Labute approximate surface area is 98.0 Å². The quantitative estimate of drug-likeness (QED) is 0.786. The van der Waals surface area contributed by atoms with Crippen molar-refractivity contribution in [3.8, 4) is 0 Å². The highest BCUT2D eigenvalue weighted by Crippen LogP contribution is 2.25. The Morgan fingerprint density at radius 1 is 1.40 bits per heavy atom. The lowest BCUT2D eigenvalue weighted by Crippen LogP contribution is -2.05. The van der Waals surface area contributed by atoms with Gasteiger partial charge in [0.2, 0.25) is 0 Å². The molecular formula is C10H11Cl2NO2. The summed E-state index contributed by atoms with van der Waals surface area (Å²) in [5, 5.41) is 12.6. The van der Waals surface area contributed by atoms with Crippen LogP contribution in [0, 0.1) is 0 Å². The van der Waals surface area contributed by atoms with Crippen LogP contribution < -0.4 is 5.32 Å². The summed E-state index contributed by atoms with van der Waals surface area (Å²) in [6, 6.07) is 5.14. The van der Waals surface area contributed by atoms with Gasteiger partial charge in [-0.25, -0.2) is 0 Å². The van der Waals surface area contributed by atoms with E-state index in [1.807, 2.05) is 0 Å². The molecule has 0 amide bonds. The molecule has 15 heavy (non-hydrogen) atoms. The highest BCUT2D eigenvalue weighted by Gasteiger charge is 2.01. The van der Waals surface area contributed by atoms with Crippen molar-refractivity contribution in [1.82, 2.24) is 0 Å². The smallest absolute Gasteiger partial charge is 0.303 e. The zero-order chi connectivity index (χ0) is 11.3. The van der Waals surface area contributed by atoms with Crippen LogP contribution in [-0.2, 0) is 4.79 Å². The van der Waals surface area contributed by atoms with Crippen molar-refractivity contribution in [3.05, 3.63) is 28.2 Å². The van der Waals surface area contributed by atoms with Gasteiger partial charge in [0.15, 0.2) is 0 Å². The molecule has 0 unspecified atom stereocenters. The first-order valence-corrected chi connectivity index (χ1v) is 5.26. The molecule has 1 aromatic carbocycles. The molecule has 1 aromatic rings. The molecule has 0 aromatic heterocycles. The van der Waals surface area contributed by atoms with Crippen LogP contribution in [-0.4, -0.2) is 17.6 Å². The van der Waals surface area contributed by atoms with Gasteiger partial charge in [-0.05, 0) is 24.6 Å². The van der Waals surface area contributed by atoms with E-state index in [4.69, 9.17) is 28.3 Å². The summed E-state index contributed by atoms with van der Waals surface area (Å²) < 4.78 is 0. The van der Waals surface area contributed by atoms with Gasteiger partial charge < -0.3 is 10.4 Å². The first-order valence-electron chi connectivity index (χ1n) is 4.50. The van der Waals surface area contributed by atoms with Crippen molar-refractivity contribution < 1.29 is 9.90 Å². The summed E-state index contributed by atoms with van der Waals surface area (Å²) in [6.45, 7) is 0.577. The van der Waals surface area contributed by atoms with Crippen LogP contribution in [0.3, 0.4) is 0 Å². The van der Waals surface area contributed by atoms with Crippen LogP contribution in [0.5, 0.6) is 0 Å². The molecule has 0 spiro atoms. The van der Waals surface area contributed by atoms with E-state index in [2.05, 4.69) is 5.32 Å².